The van der Waals surface area contributed by atoms with Crippen LogP contribution in [0.25, 0.3) is 0 Å². The third kappa shape index (κ3) is 4.82. The Bertz CT molecular complexity index is 284. The molecule has 1 aromatic carbocycles. The SMILES string of the molecule is CCc1cc(F)cc(F)c1.O=C=O. The molecule has 0 heterocycles. The Morgan fingerprint density at radius 1 is 1.15 bits per heavy atom. The van der Waals surface area contributed by atoms with Crippen molar-refractivity contribution in [2.45, 2.75) is 13.3 Å². The van der Waals surface area contributed by atoms with Crippen molar-refractivity contribution in [3.63, 3.8) is 0 Å². The fourth-order valence-electron chi connectivity index (χ4n) is 0.815. The third-order valence-corrected chi connectivity index (χ3v) is 1.33. The van der Waals surface area contributed by atoms with Gasteiger partial charge >= 0.3 is 6.15 Å². The minimum absolute atomic E-state index is 0.250. The normalized spacial score (nSPS) is 8.23. The summed E-state index contributed by atoms with van der Waals surface area (Å²) in [4.78, 5) is 16.2. The van der Waals surface area contributed by atoms with E-state index < -0.39 is 11.6 Å². The molecule has 1 aromatic rings. The van der Waals surface area contributed by atoms with E-state index in [1.165, 1.54) is 12.1 Å². The van der Waals surface area contributed by atoms with E-state index in [4.69, 9.17) is 9.59 Å². The first-order valence-corrected chi connectivity index (χ1v) is 3.58. The average Bonchev–Trinajstić information content (AvgIpc) is 2.04. The standard InChI is InChI=1S/C8H8F2.CO2/c1-2-6-3-7(9)5-8(10)4-6;2-1-3/h3-5H,2H2,1H3;. The summed E-state index contributed by atoms with van der Waals surface area (Å²) in [6, 6.07) is 3.55. The predicted octanol–water partition coefficient (Wildman–Crippen LogP) is 1.94. The first kappa shape index (κ1) is 11.5. The fraction of sp³-hybridized carbons (Fsp3) is 0.222. The van der Waals surface area contributed by atoms with E-state index in [1.807, 2.05) is 6.92 Å². The van der Waals surface area contributed by atoms with E-state index in [-0.39, 0.29) is 6.15 Å². The van der Waals surface area contributed by atoms with Gasteiger partial charge < -0.3 is 0 Å². The van der Waals surface area contributed by atoms with Crippen LogP contribution in [0.1, 0.15) is 12.5 Å². The van der Waals surface area contributed by atoms with E-state index in [0.29, 0.717) is 12.0 Å². The number of carbonyl (C=O) groups excluding carboxylic acids is 2. The van der Waals surface area contributed by atoms with Gasteiger partial charge in [0, 0.05) is 6.07 Å². The van der Waals surface area contributed by atoms with Crippen molar-refractivity contribution in [3.8, 4) is 0 Å². The number of hydrogen-bond acceptors (Lipinski definition) is 2. The molecule has 0 aromatic heterocycles. The molecule has 0 atom stereocenters. The zero-order chi connectivity index (χ0) is 10.3. The molecule has 0 saturated carbocycles. The van der Waals surface area contributed by atoms with Crippen molar-refractivity contribution < 1.29 is 18.4 Å². The molecule has 0 N–H and O–H groups in total. The largest absolute Gasteiger partial charge is 0.373 e. The second-order valence-corrected chi connectivity index (χ2v) is 2.21. The minimum Gasteiger partial charge on any atom is -0.207 e. The first-order valence-electron chi connectivity index (χ1n) is 3.58. The van der Waals surface area contributed by atoms with Gasteiger partial charge in [-0.2, -0.15) is 9.59 Å². The highest BCUT2D eigenvalue weighted by atomic mass is 19.1. The number of benzene rings is 1. The van der Waals surface area contributed by atoms with Gasteiger partial charge in [-0.05, 0) is 24.1 Å². The van der Waals surface area contributed by atoms with Crippen molar-refractivity contribution in [2.24, 2.45) is 0 Å². The fourth-order valence-corrected chi connectivity index (χ4v) is 0.815. The van der Waals surface area contributed by atoms with Gasteiger partial charge in [-0.25, -0.2) is 8.78 Å². The molecule has 4 heteroatoms. The molecular weight excluding hydrogens is 178 g/mol. The van der Waals surface area contributed by atoms with Gasteiger partial charge in [0.1, 0.15) is 11.6 Å². The Balaban J connectivity index is 0.000000424. The maximum atomic E-state index is 12.4. The van der Waals surface area contributed by atoms with Crippen molar-refractivity contribution in [1.29, 1.82) is 0 Å². The molecule has 0 unspecified atom stereocenters. The average molecular weight is 186 g/mol. The van der Waals surface area contributed by atoms with Crippen molar-refractivity contribution in [3.05, 3.63) is 35.4 Å². The highest BCUT2D eigenvalue weighted by Gasteiger charge is 1.96. The van der Waals surface area contributed by atoms with Crippen LogP contribution in [0, 0.1) is 11.6 Å². The smallest absolute Gasteiger partial charge is 0.207 e. The van der Waals surface area contributed by atoms with Crippen molar-refractivity contribution in [2.75, 3.05) is 0 Å². The quantitative estimate of drug-likeness (QED) is 0.671. The van der Waals surface area contributed by atoms with E-state index in [2.05, 4.69) is 0 Å². The maximum absolute atomic E-state index is 12.4. The van der Waals surface area contributed by atoms with E-state index in [1.54, 1.807) is 0 Å². The van der Waals surface area contributed by atoms with E-state index in [9.17, 15) is 8.78 Å². The highest BCUT2D eigenvalue weighted by Crippen LogP contribution is 2.07. The van der Waals surface area contributed by atoms with Crippen LogP contribution < -0.4 is 0 Å². The molecule has 0 fully saturated rings. The molecule has 0 saturated heterocycles. The molecule has 0 bridgehead atoms. The second kappa shape index (κ2) is 6.03. The summed E-state index contributed by atoms with van der Waals surface area (Å²) in [6.07, 6.45) is 0.911. The molecular formula is C9H8F2O2. The lowest BCUT2D eigenvalue weighted by atomic mass is 10.2. The van der Waals surface area contributed by atoms with E-state index in [0.717, 1.165) is 6.07 Å². The molecule has 0 spiro atoms. The lowest BCUT2D eigenvalue weighted by Crippen LogP contribution is -1.84. The van der Waals surface area contributed by atoms with Gasteiger partial charge in [0.15, 0.2) is 0 Å². The predicted molar refractivity (Wildman–Crippen MR) is 40.7 cm³/mol. The topological polar surface area (TPSA) is 34.1 Å². The Hall–Kier alpha value is -1.54. The first-order chi connectivity index (χ1) is 6.13. The lowest BCUT2D eigenvalue weighted by molar-refractivity contribution is -0.191. The lowest BCUT2D eigenvalue weighted by Gasteiger charge is -1.95. The van der Waals surface area contributed by atoms with Gasteiger partial charge in [-0.15, -0.1) is 0 Å². The Morgan fingerprint density at radius 3 is 1.85 bits per heavy atom. The van der Waals surface area contributed by atoms with Crippen molar-refractivity contribution in [1.82, 2.24) is 0 Å². The van der Waals surface area contributed by atoms with Gasteiger partial charge in [0.25, 0.3) is 0 Å². The van der Waals surface area contributed by atoms with Crippen LogP contribution in [-0.2, 0) is 16.0 Å². The Morgan fingerprint density at radius 2 is 1.54 bits per heavy atom. The molecule has 0 radical (unpaired) electrons. The summed E-state index contributed by atoms with van der Waals surface area (Å²) >= 11 is 0. The molecule has 0 aliphatic rings. The number of rotatable bonds is 1. The zero-order valence-electron chi connectivity index (χ0n) is 7.01. The molecule has 2 nitrogen and oxygen atoms in total. The van der Waals surface area contributed by atoms with Crippen LogP contribution in [0.5, 0.6) is 0 Å². The van der Waals surface area contributed by atoms with Crippen LogP contribution in [0.2, 0.25) is 0 Å². The molecule has 0 aliphatic heterocycles. The minimum atomic E-state index is -0.503. The summed E-state index contributed by atoms with van der Waals surface area (Å²) in [7, 11) is 0. The van der Waals surface area contributed by atoms with Crippen LogP contribution in [0.15, 0.2) is 18.2 Å². The van der Waals surface area contributed by atoms with Crippen LogP contribution in [0.3, 0.4) is 0 Å². The zero-order valence-corrected chi connectivity index (χ0v) is 7.01. The second-order valence-electron chi connectivity index (χ2n) is 2.21. The summed E-state index contributed by atoms with van der Waals surface area (Å²) in [6.45, 7) is 1.86. The van der Waals surface area contributed by atoms with Gasteiger partial charge in [-0.3, -0.25) is 0 Å². The van der Waals surface area contributed by atoms with Gasteiger partial charge in [0.05, 0.1) is 0 Å². The van der Waals surface area contributed by atoms with Crippen molar-refractivity contribution >= 4 is 6.15 Å². The maximum Gasteiger partial charge on any atom is 0.373 e. The molecule has 0 aliphatic carbocycles. The van der Waals surface area contributed by atoms with Crippen LogP contribution in [0.4, 0.5) is 8.78 Å². The summed E-state index contributed by atoms with van der Waals surface area (Å²) in [5, 5.41) is 0. The molecule has 0 amide bonds. The Labute approximate surface area is 74.2 Å². The van der Waals surface area contributed by atoms with Gasteiger partial charge in [0.2, 0.25) is 0 Å². The number of hydrogen-bond donors (Lipinski definition) is 0. The highest BCUT2D eigenvalue weighted by molar-refractivity contribution is 5.20. The molecule has 13 heavy (non-hydrogen) atoms. The number of aryl methyl sites for hydroxylation is 1. The molecule has 70 valence electrons. The third-order valence-electron chi connectivity index (χ3n) is 1.33. The Kier molecular flexibility index (Phi) is 5.32. The number of halogens is 2. The summed E-state index contributed by atoms with van der Waals surface area (Å²) in [5.74, 6) is -1.01. The van der Waals surface area contributed by atoms with E-state index >= 15 is 0 Å². The summed E-state index contributed by atoms with van der Waals surface area (Å²) < 4.78 is 24.8. The van der Waals surface area contributed by atoms with Crippen LogP contribution in [-0.4, -0.2) is 6.15 Å². The van der Waals surface area contributed by atoms with Gasteiger partial charge in [-0.1, -0.05) is 6.92 Å². The molecule has 1 rings (SSSR count). The van der Waals surface area contributed by atoms with Crippen LogP contribution >= 0.6 is 0 Å². The monoisotopic (exact) mass is 186 g/mol. The summed E-state index contributed by atoms with van der Waals surface area (Å²) in [5.41, 5.74) is 0.692.